The Morgan fingerprint density at radius 1 is 1.35 bits per heavy atom. The second-order valence-corrected chi connectivity index (χ2v) is 5.01. The van der Waals surface area contributed by atoms with Crippen molar-refractivity contribution in [3.8, 4) is 5.75 Å². The van der Waals surface area contributed by atoms with Gasteiger partial charge in [-0.15, -0.1) is 11.3 Å². The molecule has 0 atom stereocenters. The Labute approximate surface area is 117 Å². The molecule has 0 saturated heterocycles. The number of thiophene rings is 1. The summed E-state index contributed by atoms with van der Waals surface area (Å²) in [5.41, 5.74) is 0.390. The van der Waals surface area contributed by atoms with Gasteiger partial charge in [-0.2, -0.15) is 0 Å². The highest BCUT2D eigenvalue weighted by atomic mass is 32.1. The fourth-order valence-electron chi connectivity index (χ4n) is 2.02. The van der Waals surface area contributed by atoms with Crippen molar-refractivity contribution in [1.82, 2.24) is 4.98 Å². The molecule has 1 aromatic carbocycles. The van der Waals surface area contributed by atoms with Crippen molar-refractivity contribution in [3.05, 3.63) is 40.0 Å². The Morgan fingerprint density at radius 2 is 2.20 bits per heavy atom. The van der Waals surface area contributed by atoms with E-state index in [0.29, 0.717) is 10.9 Å². The van der Waals surface area contributed by atoms with Crippen LogP contribution in [0.1, 0.15) is 6.92 Å². The zero-order valence-electron chi connectivity index (χ0n) is 10.6. The summed E-state index contributed by atoms with van der Waals surface area (Å²) < 4.78 is 10.5. The van der Waals surface area contributed by atoms with E-state index in [0.717, 1.165) is 10.1 Å². The fourth-order valence-corrected chi connectivity index (χ4v) is 2.97. The molecular formula is C14H11NO4S. The largest absolute Gasteiger partial charge is 0.514 e. The summed E-state index contributed by atoms with van der Waals surface area (Å²) in [6.07, 6.45) is 0.497. The Kier molecular flexibility index (Phi) is 3.15. The van der Waals surface area contributed by atoms with E-state index in [-0.39, 0.29) is 17.8 Å². The zero-order chi connectivity index (χ0) is 14.1. The standard InChI is InChI=1S/C14H11NO4S/c1-2-18-14(17)19-10-7-15-9-4-3-8-5-6-20-13(8)11(9)12(10)16/h3-7H,2H2,1H3,(H,15,16). The van der Waals surface area contributed by atoms with E-state index in [1.165, 1.54) is 17.5 Å². The molecule has 20 heavy (non-hydrogen) atoms. The maximum atomic E-state index is 12.4. The van der Waals surface area contributed by atoms with Gasteiger partial charge in [-0.3, -0.25) is 4.79 Å². The van der Waals surface area contributed by atoms with Crippen LogP contribution in [0.25, 0.3) is 21.0 Å². The van der Waals surface area contributed by atoms with Crippen molar-refractivity contribution < 1.29 is 14.3 Å². The van der Waals surface area contributed by atoms with Gasteiger partial charge in [0.2, 0.25) is 5.43 Å². The van der Waals surface area contributed by atoms with Crippen LogP contribution in [0.3, 0.4) is 0 Å². The van der Waals surface area contributed by atoms with Gasteiger partial charge in [0, 0.05) is 10.9 Å². The third kappa shape index (κ3) is 2.04. The minimum atomic E-state index is -0.879. The van der Waals surface area contributed by atoms with Gasteiger partial charge in [-0.05, 0) is 29.8 Å². The lowest BCUT2D eigenvalue weighted by Crippen LogP contribution is -2.16. The van der Waals surface area contributed by atoms with Crippen LogP contribution < -0.4 is 10.2 Å². The highest BCUT2D eigenvalue weighted by Crippen LogP contribution is 2.27. The van der Waals surface area contributed by atoms with Crippen molar-refractivity contribution in [2.75, 3.05) is 6.61 Å². The van der Waals surface area contributed by atoms with Gasteiger partial charge in [0.15, 0.2) is 5.75 Å². The summed E-state index contributed by atoms with van der Waals surface area (Å²) in [7, 11) is 0. The minimum absolute atomic E-state index is 0.0585. The van der Waals surface area contributed by atoms with E-state index in [1.54, 1.807) is 6.92 Å². The summed E-state index contributed by atoms with van der Waals surface area (Å²) in [6, 6.07) is 5.72. The normalized spacial score (nSPS) is 10.8. The summed E-state index contributed by atoms with van der Waals surface area (Å²) in [4.78, 5) is 26.7. The number of rotatable bonds is 2. The molecule has 2 heterocycles. The van der Waals surface area contributed by atoms with Crippen molar-refractivity contribution in [1.29, 1.82) is 0 Å². The average molecular weight is 289 g/mol. The van der Waals surface area contributed by atoms with Crippen LogP contribution in [-0.2, 0) is 4.74 Å². The number of H-pyrrole nitrogens is 1. The van der Waals surface area contributed by atoms with E-state index < -0.39 is 6.16 Å². The van der Waals surface area contributed by atoms with Crippen molar-refractivity contribution in [2.45, 2.75) is 6.92 Å². The van der Waals surface area contributed by atoms with Crippen LogP contribution in [0, 0.1) is 0 Å². The molecule has 0 aliphatic rings. The van der Waals surface area contributed by atoms with E-state index in [4.69, 9.17) is 4.74 Å². The maximum absolute atomic E-state index is 12.4. The molecule has 6 heteroatoms. The van der Waals surface area contributed by atoms with Gasteiger partial charge in [0.05, 0.1) is 17.5 Å². The lowest BCUT2D eigenvalue weighted by atomic mass is 10.1. The zero-order valence-corrected chi connectivity index (χ0v) is 11.5. The molecule has 3 rings (SSSR count). The number of pyridine rings is 1. The summed E-state index contributed by atoms with van der Waals surface area (Å²) in [5.74, 6) is -0.0585. The minimum Gasteiger partial charge on any atom is -0.434 e. The molecule has 0 aliphatic heterocycles. The number of carbonyl (C=O) groups excluding carboxylic acids is 1. The Morgan fingerprint density at radius 3 is 3.00 bits per heavy atom. The lowest BCUT2D eigenvalue weighted by Gasteiger charge is -2.05. The molecule has 0 saturated carbocycles. The highest BCUT2D eigenvalue weighted by Gasteiger charge is 2.13. The number of fused-ring (bicyclic) bond motifs is 3. The number of hydrogen-bond acceptors (Lipinski definition) is 5. The summed E-state index contributed by atoms with van der Waals surface area (Å²) in [6.45, 7) is 1.86. The molecule has 2 aromatic heterocycles. The molecule has 0 fully saturated rings. The predicted molar refractivity (Wildman–Crippen MR) is 77.6 cm³/mol. The molecule has 5 nitrogen and oxygen atoms in total. The number of ether oxygens (including phenoxy) is 2. The second kappa shape index (κ2) is 4.97. The third-order valence-electron chi connectivity index (χ3n) is 2.89. The molecule has 0 spiro atoms. The van der Waals surface area contributed by atoms with Crippen LogP contribution in [-0.4, -0.2) is 17.7 Å². The van der Waals surface area contributed by atoms with Gasteiger partial charge in [0.1, 0.15) is 0 Å². The number of nitrogens with one attached hydrogen (secondary N) is 1. The smallest absolute Gasteiger partial charge is 0.434 e. The van der Waals surface area contributed by atoms with E-state index in [9.17, 15) is 9.59 Å². The van der Waals surface area contributed by atoms with E-state index in [1.807, 2.05) is 23.6 Å². The van der Waals surface area contributed by atoms with Crippen molar-refractivity contribution in [3.63, 3.8) is 0 Å². The molecule has 0 aliphatic carbocycles. The topological polar surface area (TPSA) is 68.4 Å². The third-order valence-corrected chi connectivity index (χ3v) is 3.83. The first-order valence-electron chi connectivity index (χ1n) is 6.07. The monoisotopic (exact) mass is 289 g/mol. The molecule has 0 radical (unpaired) electrons. The van der Waals surface area contributed by atoms with Crippen LogP contribution in [0.2, 0.25) is 0 Å². The first kappa shape index (κ1) is 12.7. The van der Waals surface area contributed by atoms with Crippen molar-refractivity contribution >= 4 is 38.5 Å². The van der Waals surface area contributed by atoms with Gasteiger partial charge in [-0.25, -0.2) is 4.79 Å². The van der Waals surface area contributed by atoms with Gasteiger partial charge >= 0.3 is 6.16 Å². The first-order chi connectivity index (χ1) is 9.70. The van der Waals surface area contributed by atoms with E-state index in [2.05, 4.69) is 9.72 Å². The van der Waals surface area contributed by atoms with E-state index >= 15 is 0 Å². The Balaban J connectivity index is 2.18. The van der Waals surface area contributed by atoms with Gasteiger partial charge in [-0.1, -0.05) is 6.07 Å². The molecule has 102 valence electrons. The Hall–Kier alpha value is -2.34. The summed E-state index contributed by atoms with van der Waals surface area (Å²) >= 11 is 1.48. The molecule has 1 N–H and O–H groups in total. The predicted octanol–water partition coefficient (Wildman–Crippen LogP) is 3.28. The maximum Gasteiger partial charge on any atom is 0.514 e. The molecule has 0 unspecified atom stereocenters. The summed E-state index contributed by atoms with van der Waals surface area (Å²) in [5, 5.41) is 3.43. The van der Waals surface area contributed by atoms with Gasteiger partial charge < -0.3 is 14.5 Å². The van der Waals surface area contributed by atoms with Crippen LogP contribution >= 0.6 is 11.3 Å². The van der Waals surface area contributed by atoms with Crippen LogP contribution in [0.15, 0.2) is 34.6 Å². The van der Waals surface area contributed by atoms with Crippen LogP contribution in [0.4, 0.5) is 4.79 Å². The number of hydrogen-bond donors (Lipinski definition) is 1. The molecule has 3 aromatic rings. The van der Waals surface area contributed by atoms with Crippen molar-refractivity contribution in [2.24, 2.45) is 0 Å². The number of aromatic nitrogens is 1. The SMILES string of the molecule is CCOC(=O)Oc1c[nH]c2ccc3ccsc3c2c1=O. The fraction of sp³-hybridized carbons (Fsp3) is 0.143. The lowest BCUT2D eigenvalue weighted by molar-refractivity contribution is 0.104. The molecular weight excluding hydrogens is 278 g/mol. The average Bonchev–Trinajstić information content (AvgIpc) is 2.90. The molecule has 0 bridgehead atoms. The quantitative estimate of drug-likeness (QED) is 0.735. The van der Waals surface area contributed by atoms with Gasteiger partial charge in [0.25, 0.3) is 0 Å². The second-order valence-electron chi connectivity index (χ2n) is 4.09. The van der Waals surface area contributed by atoms with Crippen LogP contribution in [0.5, 0.6) is 5.75 Å². The highest BCUT2D eigenvalue weighted by molar-refractivity contribution is 7.18. The number of aromatic amines is 1. The number of benzene rings is 1. The first-order valence-corrected chi connectivity index (χ1v) is 6.95. The number of carbonyl (C=O) groups is 1. The Bertz CT molecular complexity index is 849. The molecule has 0 amide bonds.